The van der Waals surface area contributed by atoms with Crippen molar-refractivity contribution in [2.75, 3.05) is 5.32 Å². The number of hydrogen-bond donors (Lipinski definition) is 1. The molecule has 4 aromatic rings. The fraction of sp³-hybridized carbons (Fsp3) is 0.0952. The van der Waals surface area contributed by atoms with Crippen LogP contribution in [0.4, 0.5) is 5.69 Å². The van der Waals surface area contributed by atoms with Crippen molar-refractivity contribution in [2.45, 2.75) is 13.8 Å². The fourth-order valence-electron chi connectivity index (χ4n) is 2.80. The van der Waals surface area contributed by atoms with Crippen molar-refractivity contribution in [3.63, 3.8) is 0 Å². The SMILES string of the molecule is CC(=O)Nc1ccccc1-c1cnc(C)c(-c2nnc(-c3ccccc3)o2)n1.[HH].[HH]. The summed E-state index contributed by atoms with van der Waals surface area (Å²) in [7, 11) is 0. The first kappa shape index (κ1) is 17.5. The van der Waals surface area contributed by atoms with Crippen molar-refractivity contribution >= 4 is 11.6 Å². The predicted molar refractivity (Wildman–Crippen MR) is 109 cm³/mol. The van der Waals surface area contributed by atoms with Crippen molar-refractivity contribution in [3.8, 4) is 34.3 Å². The minimum Gasteiger partial charge on any atom is -0.415 e. The number of rotatable bonds is 4. The van der Waals surface area contributed by atoms with Gasteiger partial charge in [-0.2, -0.15) is 0 Å². The van der Waals surface area contributed by atoms with Crippen LogP contribution in [0.3, 0.4) is 0 Å². The van der Waals surface area contributed by atoms with E-state index >= 15 is 0 Å². The maximum atomic E-state index is 11.5. The van der Waals surface area contributed by atoms with E-state index in [4.69, 9.17) is 4.42 Å². The second kappa shape index (κ2) is 7.40. The third-order valence-electron chi connectivity index (χ3n) is 4.12. The average Bonchev–Trinajstić information content (AvgIpc) is 3.19. The van der Waals surface area contributed by atoms with Crippen molar-refractivity contribution < 1.29 is 12.1 Å². The van der Waals surface area contributed by atoms with E-state index in [1.54, 1.807) is 6.20 Å². The summed E-state index contributed by atoms with van der Waals surface area (Å²) >= 11 is 0. The molecule has 0 unspecified atom stereocenters. The lowest BCUT2D eigenvalue weighted by atomic mass is 10.1. The number of amides is 1. The largest absolute Gasteiger partial charge is 0.415 e. The van der Waals surface area contributed by atoms with E-state index in [1.807, 2.05) is 61.5 Å². The van der Waals surface area contributed by atoms with E-state index in [0.717, 1.165) is 11.1 Å². The molecule has 0 aliphatic heterocycles. The molecule has 0 radical (unpaired) electrons. The topological polar surface area (TPSA) is 93.8 Å². The molecular weight excluding hydrogens is 354 g/mol. The molecule has 2 aromatic heterocycles. The molecule has 0 saturated carbocycles. The minimum atomic E-state index is -0.155. The first-order valence-electron chi connectivity index (χ1n) is 8.72. The lowest BCUT2D eigenvalue weighted by Crippen LogP contribution is -2.07. The number of aromatic nitrogens is 4. The first-order chi connectivity index (χ1) is 13.6. The summed E-state index contributed by atoms with van der Waals surface area (Å²) in [4.78, 5) is 20.6. The van der Waals surface area contributed by atoms with E-state index in [9.17, 15) is 4.79 Å². The zero-order valence-electron chi connectivity index (χ0n) is 15.4. The quantitative estimate of drug-likeness (QED) is 0.559. The van der Waals surface area contributed by atoms with E-state index in [1.165, 1.54) is 6.92 Å². The van der Waals surface area contributed by atoms with E-state index < -0.39 is 0 Å². The van der Waals surface area contributed by atoms with Crippen LogP contribution in [0.1, 0.15) is 15.5 Å². The molecule has 0 saturated heterocycles. The van der Waals surface area contributed by atoms with Crippen molar-refractivity contribution in [2.24, 2.45) is 0 Å². The highest BCUT2D eigenvalue weighted by Gasteiger charge is 2.17. The van der Waals surface area contributed by atoms with Gasteiger partial charge < -0.3 is 9.73 Å². The van der Waals surface area contributed by atoms with E-state index in [2.05, 4.69) is 25.5 Å². The number of nitrogens with zero attached hydrogens (tertiary/aromatic N) is 4. The molecule has 0 bridgehead atoms. The monoisotopic (exact) mass is 375 g/mol. The van der Waals surface area contributed by atoms with Crippen LogP contribution in [-0.4, -0.2) is 26.1 Å². The molecule has 0 aliphatic rings. The Bertz CT molecular complexity index is 1150. The van der Waals surface area contributed by atoms with Gasteiger partial charge in [-0.15, -0.1) is 10.2 Å². The highest BCUT2D eigenvalue weighted by atomic mass is 16.4. The van der Waals surface area contributed by atoms with Crippen LogP contribution in [0.25, 0.3) is 34.3 Å². The molecule has 0 atom stereocenters. The van der Waals surface area contributed by atoms with Gasteiger partial charge in [0.1, 0.15) is 5.69 Å². The number of nitrogens with one attached hydrogen (secondary N) is 1. The highest BCUT2D eigenvalue weighted by molar-refractivity contribution is 5.93. The summed E-state index contributed by atoms with van der Waals surface area (Å²) < 4.78 is 5.83. The number of para-hydroxylation sites is 1. The molecule has 7 nitrogen and oxygen atoms in total. The van der Waals surface area contributed by atoms with E-state index in [0.29, 0.717) is 34.6 Å². The molecule has 0 aliphatic carbocycles. The zero-order chi connectivity index (χ0) is 19.5. The van der Waals surface area contributed by atoms with Crippen LogP contribution in [0, 0.1) is 6.92 Å². The lowest BCUT2D eigenvalue weighted by Gasteiger charge is -2.10. The molecule has 1 amide bonds. The summed E-state index contributed by atoms with van der Waals surface area (Å²) in [5, 5.41) is 11.1. The lowest BCUT2D eigenvalue weighted by molar-refractivity contribution is -0.114. The van der Waals surface area contributed by atoms with Gasteiger partial charge in [-0.3, -0.25) is 9.78 Å². The van der Waals surface area contributed by atoms with Gasteiger partial charge in [-0.05, 0) is 25.1 Å². The van der Waals surface area contributed by atoms with Crippen LogP contribution >= 0.6 is 0 Å². The van der Waals surface area contributed by atoms with Gasteiger partial charge >= 0.3 is 0 Å². The normalized spacial score (nSPS) is 10.6. The summed E-state index contributed by atoms with van der Waals surface area (Å²) in [5.41, 5.74) is 4.03. The molecule has 2 heterocycles. The Morgan fingerprint density at radius 2 is 1.71 bits per heavy atom. The van der Waals surface area contributed by atoms with E-state index in [-0.39, 0.29) is 8.76 Å². The molecule has 28 heavy (non-hydrogen) atoms. The standard InChI is InChI=1S/C21H17N5O2.2H2/c1-13-19(21-26-25-20(28-21)15-8-4-3-5-9-15)24-18(12-22-13)16-10-6-7-11-17(16)23-14(2)27;;/h3-12H,1-2H3,(H,23,27);2*1H. The molecular formula is C21H21N5O2. The Labute approximate surface area is 164 Å². The number of benzene rings is 2. The summed E-state index contributed by atoms with van der Waals surface area (Å²) in [6.07, 6.45) is 1.66. The fourth-order valence-corrected chi connectivity index (χ4v) is 2.80. The average molecular weight is 375 g/mol. The number of aryl methyl sites for hydroxylation is 1. The van der Waals surface area contributed by atoms with Crippen LogP contribution < -0.4 is 5.32 Å². The smallest absolute Gasteiger partial charge is 0.268 e. The van der Waals surface area contributed by atoms with Gasteiger partial charge in [0.25, 0.3) is 5.89 Å². The van der Waals surface area contributed by atoms with Gasteiger partial charge in [-0.25, -0.2) is 4.98 Å². The summed E-state index contributed by atoms with van der Waals surface area (Å²) in [6.45, 7) is 3.30. The molecule has 1 N–H and O–H groups in total. The van der Waals surface area contributed by atoms with Crippen molar-refractivity contribution in [1.82, 2.24) is 20.2 Å². The first-order valence-corrected chi connectivity index (χ1v) is 8.72. The zero-order valence-corrected chi connectivity index (χ0v) is 15.4. The Hall–Kier alpha value is -3.87. The molecule has 142 valence electrons. The number of carbonyl (C=O) groups is 1. The summed E-state index contributed by atoms with van der Waals surface area (Å²) in [6, 6.07) is 16.9. The maximum absolute atomic E-state index is 11.5. The Kier molecular flexibility index (Phi) is 4.63. The molecule has 2 aromatic carbocycles. The van der Waals surface area contributed by atoms with Crippen LogP contribution in [-0.2, 0) is 4.79 Å². The van der Waals surface area contributed by atoms with Gasteiger partial charge in [0.2, 0.25) is 11.8 Å². The van der Waals surface area contributed by atoms with Gasteiger partial charge in [-0.1, -0.05) is 36.4 Å². The summed E-state index contributed by atoms with van der Waals surface area (Å²) in [5.74, 6) is 0.556. The molecule has 0 fully saturated rings. The Morgan fingerprint density at radius 1 is 1.00 bits per heavy atom. The molecule has 4 rings (SSSR count). The second-order valence-corrected chi connectivity index (χ2v) is 6.19. The van der Waals surface area contributed by atoms with Crippen molar-refractivity contribution in [3.05, 3.63) is 66.5 Å². The molecule has 0 spiro atoms. The number of hydrogen-bond acceptors (Lipinski definition) is 6. The highest BCUT2D eigenvalue weighted by Crippen LogP contribution is 2.29. The van der Waals surface area contributed by atoms with Crippen LogP contribution in [0.5, 0.6) is 0 Å². The third-order valence-corrected chi connectivity index (χ3v) is 4.12. The maximum Gasteiger partial charge on any atom is 0.268 e. The van der Waals surface area contributed by atoms with Crippen LogP contribution in [0.2, 0.25) is 0 Å². The number of carbonyl (C=O) groups excluding carboxylic acids is 1. The Morgan fingerprint density at radius 3 is 2.50 bits per heavy atom. The van der Waals surface area contributed by atoms with Crippen molar-refractivity contribution in [1.29, 1.82) is 0 Å². The predicted octanol–water partition coefficient (Wildman–Crippen LogP) is 4.62. The van der Waals surface area contributed by atoms with Gasteiger partial charge in [0.05, 0.1) is 23.3 Å². The van der Waals surface area contributed by atoms with Gasteiger partial charge in [0.15, 0.2) is 0 Å². The molecule has 7 heteroatoms. The number of anilines is 1. The van der Waals surface area contributed by atoms with Crippen LogP contribution in [0.15, 0.2) is 65.2 Å². The third kappa shape index (κ3) is 3.50. The van der Waals surface area contributed by atoms with Gasteiger partial charge in [0, 0.05) is 20.9 Å². The minimum absolute atomic E-state index is 0. The second-order valence-electron chi connectivity index (χ2n) is 6.19. The Balaban J connectivity index is 0.00000160.